The van der Waals surface area contributed by atoms with E-state index in [1.165, 1.54) is 37.9 Å². The Labute approximate surface area is 75.5 Å². The summed E-state index contributed by atoms with van der Waals surface area (Å²) in [5.41, 5.74) is 0. The van der Waals surface area contributed by atoms with E-state index in [0.717, 1.165) is 6.54 Å². The van der Waals surface area contributed by atoms with Crippen molar-refractivity contribution in [1.82, 2.24) is 4.72 Å². The van der Waals surface area contributed by atoms with E-state index in [1.54, 1.807) is 0 Å². The van der Waals surface area contributed by atoms with Gasteiger partial charge in [-0.2, -0.15) is 0 Å². The Hall–Kier alpha value is 0.310. The van der Waals surface area contributed by atoms with E-state index >= 15 is 0 Å². The maximum Gasteiger partial charge on any atom is 0.00786 e. The number of hydrogen-bond acceptors (Lipinski definition) is 2. The first-order valence-electron chi connectivity index (χ1n) is 4.76. The Balaban J connectivity index is 2.69. The molecular weight excluding hydrogens is 154 g/mol. The van der Waals surface area contributed by atoms with Gasteiger partial charge in [0.15, 0.2) is 0 Å². The van der Waals surface area contributed by atoms with Gasteiger partial charge in [0.25, 0.3) is 0 Å². The molecule has 0 atom stereocenters. The van der Waals surface area contributed by atoms with Crippen molar-refractivity contribution >= 4 is 11.9 Å². The molecular formula is C9H21NS. The fourth-order valence-corrected chi connectivity index (χ4v) is 1.65. The molecule has 0 unspecified atom stereocenters. The van der Waals surface area contributed by atoms with Gasteiger partial charge in [-0.3, -0.25) is 4.72 Å². The van der Waals surface area contributed by atoms with Crippen LogP contribution in [0.4, 0.5) is 0 Å². The number of nitrogens with one attached hydrogen (secondary N) is 1. The van der Waals surface area contributed by atoms with Crippen LogP contribution in [0.1, 0.15) is 46.0 Å². The molecule has 68 valence electrons. The van der Waals surface area contributed by atoms with E-state index in [4.69, 9.17) is 0 Å². The Morgan fingerprint density at radius 3 is 2.36 bits per heavy atom. The van der Waals surface area contributed by atoms with Crippen LogP contribution in [0.25, 0.3) is 0 Å². The van der Waals surface area contributed by atoms with Crippen molar-refractivity contribution in [2.45, 2.75) is 46.0 Å². The van der Waals surface area contributed by atoms with Crippen molar-refractivity contribution in [2.24, 2.45) is 0 Å². The summed E-state index contributed by atoms with van der Waals surface area (Å²) in [6, 6.07) is 0. The Morgan fingerprint density at radius 2 is 1.73 bits per heavy atom. The molecule has 0 bridgehead atoms. The van der Waals surface area contributed by atoms with Crippen LogP contribution < -0.4 is 4.72 Å². The molecule has 0 spiro atoms. The van der Waals surface area contributed by atoms with Crippen molar-refractivity contribution in [3.05, 3.63) is 0 Å². The monoisotopic (exact) mass is 175 g/mol. The minimum atomic E-state index is 1.08. The highest BCUT2D eigenvalue weighted by atomic mass is 32.2. The lowest BCUT2D eigenvalue weighted by Gasteiger charge is -2.00. The van der Waals surface area contributed by atoms with Crippen molar-refractivity contribution in [3.63, 3.8) is 0 Å². The maximum atomic E-state index is 3.26. The summed E-state index contributed by atoms with van der Waals surface area (Å²) in [6.45, 7) is 5.48. The summed E-state index contributed by atoms with van der Waals surface area (Å²) in [7, 11) is 0. The van der Waals surface area contributed by atoms with Crippen LogP contribution in [0.15, 0.2) is 0 Å². The molecule has 1 nitrogen and oxygen atoms in total. The van der Waals surface area contributed by atoms with Crippen LogP contribution in [-0.4, -0.2) is 12.3 Å². The normalized spacial score (nSPS) is 10.4. The molecule has 2 heteroatoms. The van der Waals surface area contributed by atoms with Crippen LogP contribution in [-0.2, 0) is 0 Å². The van der Waals surface area contributed by atoms with E-state index in [0.29, 0.717) is 0 Å². The number of unbranched alkanes of at least 4 members (excludes halogenated alkanes) is 4. The van der Waals surface area contributed by atoms with Gasteiger partial charge in [-0.15, -0.1) is 0 Å². The summed E-state index contributed by atoms with van der Waals surface area (Å²) in [5, 5.41) is 0. The molecule has 0 aromatic carbocycles. The van der Waals surface area contributed by atoms with Gasteiger partial charge in [0.05, 0.1) is 0 Å². The van der Waals surface area contributed by atoms with Crippen LogP contribution in [0.3, 0.4) is 0 Å². The smallest absolute Gasteiger partial charge is 0.00786 e. The van der Waals surface area contributed by atoms with E-state index in [2.05, 4.69) is 18.6 Å². The average Bonchev–Trinajstić information content (AvgIpc) is 2.03. The average molecular weight is 175 g/mol. The Morgan fingerprint density at radius 1 is 1.00 bits per heavy atom. The largest absolute Gasteiger partial charge is 0.264 e. The van der Waals surface area contributed by atoms with Gasteiger partial charge in [0.1, 0.15) is 0 Å². The zero-order valence-corrected chi connectivity index (χ0v) is 8.67. The molecule has 0 saturated carbocycles. The lowest BCUT2D eigenvalue weighted by molar-refractivity contribution is 0.659. The summed E-state index contributed by atoms with van der Waals surface area (Å²) >= 11 is 1.86. The third-order valence-electron chi connectivity index (χ3n) is 1.60. The molecule has 0 aromatic rings. The lowest BCUT2D eigenvalue weighted by atomic mass is 10.2. The molecule has 0 aliphatic rings. The van der Waals surface area contributed by atoms with Gasteiger partial charge in [-0.05, 0) is 6.42 Å². The van der Waals surface area contributed by atoms with Gasteiger partial charge in [0.2, 0.25) is 0 Å². The molecule has 0 rings (SSSR count). The second kappa shape index (κ2) is 10.3. The van der Waals surface area contributed by atoms with Crippen molar-refractivity contribution in [2.75, 3.05) is 12.3 Å². The second-order valence-corrected chi connectivity index (χ2v) is 3.75. The highest BCUT2D eigenvalue weighted by molar-refractivity contribution is 7.97. The molecule has 0 aliphatic carbocycles. The second-order valence-electron chi connectivity index (χ2n) is 2.76. The van der Waals surface area contributed by atoms with Gasteiger partial charge >= 0.3 is 0 Å². The minimum Gasteiger partial charge on any atom is -0.264 e. The quantitative estimate of drug-likeness (QED) is 0.449. The van der Waals surface area contributed by atoms with Crippen LogP contribution in [0.2, 0.25) is 0 Å². The highest BCUT2D eigenvalue weighted by Gasteiger charge is 1.88. The zero-order chi connectivity index (χ0) is 8.36. The summed E-state index contributed by atoms with van der Waals surface area (Å²) in [6.07, 6.45) is 6.96. The molecule has 11 heavy (non-hydrogen) atoms. The fourth-order valence-electron chi connectivity index (χ4n) is 0.952. The predicted octanol–water partition coefficient (Wildman–Crippen LogP) is 3.21. The first-order chi connectivity index (χ1) is 5.41. The van der Waals surface area contributed by atoms with Crippen molar-refractivity contribution < 1.29 is 0 Å². The molecule has 0 aromatic heterocycles. The van der Waals surface area contributed by atoms with Crippen LogP contribution >= 0.6 is 11.9 Å². The Bertz CT molecular complexity index is 58.6. The fraction of sp³-hybridized carbons (Fsp3) is 1.00. The maximum absolute atomic E-state index is 3.26. The van der Waals surface area contributed by atoms with Crippen LogP contribution in [0.5, 0.6) is 0 Å². The third-order valence-corrected chi connectivity index (χ3v) is 2.58. The number of hydrogen-bond donors (Lipinski definition) is 1. The minimum absolute atomic E-state index is 1.08. The third kappa shape index (κ3) is 10.3. The van der Waals surface area contributed by atoms with Gasteiger partial charge in [0, 0.05) is 12.3 Å². The molecule has 1 N–H and O–H groups in total. The van der Waals surface area contributed by atoms with E-state index < -0.39 is 0 Å². The molecule has 0 heterocycles. The van der Waals surface area contributed by atoms with Crippen LogP contribution in [0, 0.1) is 0 Å². The number of rotatable bonds is 8. The predicted molar refractivity (Wildman–Crippen MR) is 54.9 cm³/mol. The zero-order valence-electron chi connectivity index (χ0n) is 7.86. The van der Waals surface area contributed by atoms with Crippen molar-refractivity contribution in [1.29, 1.82) is 0 Å². The topological polar surface area (TPSA) is 12.0 Å². The van der Waals surface area contributed by atoms with Gasteiger partial charge < -0.3 is 0 Å². The van der Waals surface area contributed by atoms with E-state index in [-0.39, 0.29) is 0 Å². The molecule has 0 saturated heterocycles. The first-order valence-corrected chi connectivity index (χ1v) is 5.75. The lowest BCUT2D eigenvalue weighted by Crippen LogP contribution is -2.01. The highest BCUT2D eigenvalue weighted by Crippen LogP contribution is 2.05. The van der Waals surface area contributed by atoms with E-state index in [9.17, 15) is 0 Å². The van der Waals surface area contributed by atoms with Crippen molar-refractivity contribution in [3.8, 4) is 0 Å². The molecule has 0 radical (unpaired) electrons. The summed E-state index contributed by atoms with van der Waals surface area (Å²) in [4.78, 5) is 0. The molecule has 0 amide bonds. The standard InChI is InChI=1S/C9H21NS/c1-3-5-6-7-8-9-11-10-4-2/h10H,3-9H2,1-2H3. The van der Waals surface area contributed by atoms with E-state index in [1.807, 2.05) is 11.9 Å². The first kappa shape index (κ1) is 11.3. The molecule has 0 fully saturated rings. The molecule has 0 aliphatic heterocycles. The Kier molecular flexibility index (Phi) is 10.6. The summed E-state index contributed by atoms with van der Waals surface area (Å²) < 4.78 is 3.26. The summed E-state index contributed by atoms with van der Waals surface area (Å²) in [5.74, 6) is 1.28. The SMILES string of the molecule is CCCCCCCSNCC. The van der Waals surface area contributed by atoms with Gasteiger partial charge in [-0.25, -0.2) is 0 Å². The van der Waals surface area contributed by atoms with Gasteiger partial charge in [-0.1, -0.05) is 51.5 Å².